The third kappa shape index (κ3) is 3.51. The van der Waals surface area contributed by atoms with Crippen molar-refractivity contribution in [3.63, 3.8) is 0 Å². The Kier molecular flexibility index (Phi) is 5.40. The minimum Gasteiger partial charge on any atom is -0.493 e. The average Bonchev–Trinajstić information content (AvgIpc) is 3.38. The van der Waals surface area contributed by atoms with Gasteiger partial charge < -0.3 is 24.3 Å². The van der Waals surface area contributed by atoms with E-state index in [1.165, 1.54) is 0 Å². The summed E-state index contributed by atoms with van der Waals surface area (Å²) in [6.07, 6.45) is 4.05. The second kappa shape index (κ2) is 8.01. The van der Waals surface area contributed by atoms with Crippen molar-refractivity contribution in [1.82, 2.24) is 19.8 Å². The molecule has 0 bridgehead atoms. The van der Waals surface area contributed by atoms with E-state index in [1.807, 2.05) is 30.0 Å². The van der Waals surface area contributed by atoms with Gasteiger partial charge in [-0.1, -0.05) is 12.1 Å². The molecule has 2 fully saturated rings. The molecular weight excluding hydrogens is 384 g/mol. The van der Waals surface area contributed by atoms with E-state index >= 15 is 0 Å². The van der Waals surface area contributed by atoms with Gasteiger partial charge in [-0.3, -0.25) is 9.59 Å². The zero-order valence-electron chi connectivity index (χ0n) is 17.7. The molecular formula is C22H28N4O4. The van der Waals surface area contributed by atoms with Crippen LogP contribution in [0, 0.1) is 12.3 Å². The Bertz CT molecular complexity index is 956. The first-order valence-electron chi connectivity index (χ1n) is 10.3. The number of hydrogen-bond acceptors (Lipinski definition) is 5. The third-order valence-corrected chi connectivity index (χ3v) is 6.22. The molecule has 2 aromatic rings. The number of aryl methyl sites for hydroxylation is 1. The highest BCUT2D eigenvalue weighted by Crippen LogP contribution is 2.41. The number of nitrogens with one attached hydrogen (secondary N) is 1. The number of para-hydroxylation sites is 1. The normalized spacial score (nSPS) is 21.4. The predicted octanol–water partition coefficient (Wildman–Crippen LogP) is 2.39. The molecule has 0 aliphatic carbocycles. The number of H-pyrrole nitrogens is 1. The highest BCUT2D eigenvalue weighted by atomic mass is 16.5. The molecule has 8 nitrogen and oxygen atoms in total. The van der Waals surface area contributed by atoms with Crippen molar-refractivity contribution >= 4 is 11.8 Å². The number of aromatic amines is 1. The summed E-state index contributed by atoms with van der Waals surface area (Å²) < 4.78 is 10.9. The topological polar surface area (TPSA) is 87.8 Å². The fourth-order valence-corrected chi connectivity index (χ4v) is 4.68. The van der Waals surface area contributed by atoms with Gasteiger partial charge in [-0.25, -0.2) is 4.98 Å². The van der Waals surface area contributed by atoms with Crippen LogP contribution in [0.5, 0.6) is 11.5 Å². The van der Waals surface area contributed by atoms with Crippen molar-refractivity contribution in [2.24, 2.45) is 5.41 Å². The van der Waals surface area contributed by atoms with Crippen LogP contribution in [0.2, 0.25) is 0 Å². The van der Waals surface area contributed by atoms with E-state index in [1.54, 1.807) is 25.3 Å². The molecule has 1 aromatic heterocycles. The van der Waals surface area contributed by atoms with Crippen LogP contribution in [0.15, 0.2) is 24.4 Å². The number of methoxy groups -OCH3 is 2. The van der Waals surface area contributed by atoms with E-state index in [0.29, 0.717) is 49.9 Å². The van der Waals surface area contributed by atoms with Crippen LogP contribution >= 0.6 is 0 Å². The van der Waals surface area contributed by atoms with Gasteiger partial charge in [-0.15, -0.1) is 0 Å². The maximum absolute atomic E-state index is 13.5. The van der Waals surface area contributed by atoms with E-state index in [4.69, 9.17) is 9.47 Å². The summed E-state index contributed by atoms with van der Waals surface area (Å²) in [5, 5.41) is 0. The Morgan fingerprint density at radius 2 is 2.07 bits per heavy atom. The predicted molar refractivity (Wildman–Crippen MR) is 110 cm³/mol. The van der Waals surface area contributed by atoms with Gasteiger partial charge in [0, 0.05) is 43.6 Å². The lowest BCUT2D eigenvalue weighted by atomic mass is 9.78. The molecule has 8 heteroatoms. The highest BCUT2D eigenvalue weighted by Gasteiger charge is 2.49. The number of piperidine rings is 1. The van der Waals surface area contributed by atoms with E-state index < -0.39 is 5.41 Å². The number of carbonyl (C=O) groups excluding carboxylic acids is 2. The second-order valence-corrected chi connectivity index (χ2v) is 8.15. The molecule has 1 spiro atoms. The molecule has 1 atom stereocenters. The third-order valence-electron chi connectivity index (χ3n) is 6.22. The molecule has 30 heavy (non-hydrogen) atoms. The second-order valence-electron chi connectivity index (χ2n) is 8.15. The summed E-state index contributed by atoms with van der Waals surface area (Å²) in [6.45, 7) is 4.04. The van der Waals surface area contributed by atoms with Gasteiger partial charge in [0.2, 0.25) is 5.91 Å². The maximum atomic E-state index is 13.5. The summed E-state index contributed by atoms with van der Waals surface area (Å²) in [5.74, 6) is 1.62. The van der Waals surface area contributed by atoms with Crippen LogP contribution in [-0.2, 0) is 11.3 Å². The van der Waals surface area contributed by atoms with Crippen LogP contribution in [0.25, 0.3) is 0 Å². The summed E-state index contributed by atoms with van der Waals surface area (Å²) in [6, 6.07) is 5.71. The Balaban J connectivity index is 1.51. The molecule has 1 aromatic carbocycles. The molecule has 2 aliphatic rings. The summed E-state index contributed by atoms with van der Waals surface area (Å²) in [7, 11) is 3.21. The molecule has 160 valence electrons. The molecule has 1 N–H and O–H groups in total. The number of amides is 2. The largest absolute Gasteiger partial charge is 0.493 e. The number of likely N-dealkylation sites (tertiary alicyclic amines) is 2. The molecule has 3 heterocycles. The molecule has 4 rings (SSSR count). The quantitative estimate of drug-likeness (QED) is 0.815. The Morgan fingerprint density at radius 3 is 2.77 bits per heavy atom. The Hall–Kier alpha value is -3.03. The van der Waals surface area contributed by atoms with Crippen molar-refractivity contribution in [3.05, 3.63) is 41.5 Å². The Labute approximate surface area is 176 Å². The van der Waals surface area contributed by atoms with E-state index in [-0.39, 0.29) is 11.8 Å². The minimum absolute atomic E-state index is 0.115. The van der Waals surface area contributed by atoms with Crippen molar-refractivity contribution in [2.75, 3.05) is 33.9 Å². The molecule has 0 saturated carbocycles. The standard InChI is InChI=1S/C22H28N4O4/c1-15-12-23-19(24-15)20(27)26-11-9-22(14-26)8-5-10-25(21(22)28)13-16-6-4-7-17(29-2)18(16)30-3/h4,6-7,12H,5,8-11,13-14H2,1-3H3,(H,23,24). The smallest absolute Gasteiger partial charge is 0.289 e. The van der Waals surface area contributed by atoms with Gasteiger partial charge in [0.15, 0.2) is 17.3 Å². The molecule has 2 aliphatic heterocycles. The number of hydrogen-bond donors (Lipinski definition) is 1. The van der Waals surface area contributed by atoms with E-state index in [0.717, 1.165) is 24.1 Å². The van der Waals surface area contributed by atoms with Gasteiger partial charge in [-0.05, 0) is 32.3 Å². The van der Waals surface area contributed by atoms with Crippen LogP contribution < -0.4 is 9.47 Å². The van der Waals surface area contributed by atoms with Gasteiger partial charge in [0.25, 0.3) is 5.91 Å². The van der Waals surface area contributed by atoms with Crippen LogP contribution in [0.4, 0.5) is 0 Å². The number of rotatable bonds is 5. The zero-order chi connectivity index (χ0) is 21.3. The van der Waals surface area contributed by atoms with E-state index in [2.05, 4.69) is 9.97 Å². The van der Waals surface area contributed by atoms with Crippen molar-refractivity contribution in [3.8, 4) is 11.5 Å². The van der Waals surface area contributed by atoms with Gasteiger partial charge in [-0.2, -0.15) is 0 Å². The number of nitrogens with zero attached hydrogens (tertiary/aromatic N) is 3. The zero-order valence-corrected chi connectivity index (χ0v) is 17.7. The van der Waals surface area contributed by atoms with Crippen molar-refractivity contribution in [2.45, 2.75) is 32.7 Å². The van der Waals surface area contributed by atoms with Crippen LogP contribution in [-0.4, -0.2) is 65.4 Å². The summed E-state index contributed by atoms with van der Waals surface area (Å²) in [5.41, 5.74) is 1.25. The first-order chi connectivity index (χ1) is 14.5. The minimum atomic E-state index is -0.512. The Morgan fingerprint density at radius 1 is 1.23 bits per heavy atom. The van der Waals surface area contributed by atoms with E-state index in [9.17, 15) is 9.59 Å². The van der Waals surface area contributed by atoms with Crippen molar-refractivity contribution < 1.29 is 19.1 Å². The molecule has 1 unspecified atom stereocenters. The lowest BCUT2D eigenvalue weighted by molar-refractivity contribution is -0.146. The maximum Gasteiger partial charge on any atom is 0.289 e. The molecule has 0 radical (unpaired) electrons. The number of benzene rings is 1. The fourth-order valence-electron chi connectivity index (χ4n) is 4.68. The highest BCUT2D eigenvalue weighted by molar-refractivity contribution is 5.92. The lowest BCUT2D eigenvalue weighted by Gasteiger charge is -2.39. The molecule has 2 amide bonds. The molecule has 2 saturated heterocycles. The monoisotopic (exact) mass is 412 g/mol. The first kappa shape index (κ1) is 20.3. The number of aromatic nitrogens is 2. The first-order valence-corrected chi connectivity index (χ1v) is 10.3. The number of imidazole rings is 1. The van der Waals surface area contributed by atoms with Crippen LogP contribution in [0.3, 0.4) is 0 Å². The van der Waals surface area contributed by atoms with Crippen LogP contribution in [0.1, 0.15) is 41.1 Å². The number of carbonyl (C=O) groups is 2. The number of ether oxygens (including phenoxy) is 2. The van der Waals surface area contributed by atoms with Crippen molar-refractivity contribution in [1.29, 1.82) is 0 Å². The lowest BCUT2D eigenvalue weighted by Crippen LogP contribution is -2.50. The van der Waals surface area contributed by atoms with Gasteiger partial charge in [0.05, 0.1) is 19.6 Å². The average molecular weight is 412 g/mol. The van der Waals surface area contributed by atoms with Gasteiger partial charge in [0.1, 0.15) is 0 Å². The SMILES string of the molecule is COc1cccc(CN2CCCC3(CCN(C(=O)c4ncc(C)[nH]4)C3)C2=O)c1OC. The van der Waals surface area contributed by atoms with Gasteiger partial charge >= 0.3 is 0 Å². The summed E-state index contributed by atoms with van der Waals surface area (Å²) >= 11 is 0. The fraction of sp³-hybridized carbons (Fsp3) is 0.500. The summed E-state index contributed by atoms with van der Waals surface area (Å²) in [4.78, 5) is 37.1.